The summed E-state index contributed by atoms with van der Waals surface area (Å²) >= 11 is 0. The second-order valence-corrected chi connectivity index (χ2v) is 9.08. The van der Waals surface area contributed by atoms with Gasteiger partial charge in [0.25, 0.3) is 0 Å². The number of hydrogen-bond donors (Lipinski definition) is 7. The van der Waals surface area contributed by atoms with Crippen LogP contribution >= 0.6 is 7.82 Å². The Morgan fingerprint density at radius 1 is 1.03 bits per heavy atom. The molecule has 0 fully saturated rings. The number of aliphatic hydroxyl groups excluding tert-OH is 1. The van der Waals surface area contributed by atoms with Crippen LogP contribution in [0.1, 0.15) is 34.1 Å². The molecule has 0 saturated carbocycles. The Balaban J connectivity index is 4.20. The number of carbonyl (C=O) groups excluding carboxylic acids is 4. The third kappa shape index (κ3) is 12.4. The summed E-state index contributed by atoms with van der Waals surface area (Å²) in [7, 11) is -4.74. The van der Waals surface area contributed by atoms with Crippen molar-refractivity contribution in [3.05, 3.63) is 0 Å². The molecule has 0 spiro atoms. The van der Waals surface area contributed by atoms with Crippen LogP contribution < -0.4 is 21.3 Å². The molecule has 0 rings (SSSR count). The van der Waals surface area contributed by atoms with Gasteiger partial charge in [0.2, 0.25) is 24.1 Å². The first-order chi connectivity index (χ1) is 14.2. The average Bonchev–Trinajstić information content (AvgIpc) is 2.66. The molecule has 14 heteroatoms. The van der Waals surface area contributed by atoms with E-state index in [-0.39, 0.29) is 37.9 Å². The van der Waals surface area contributed by atoms with Crippen molar-refractivity contribution in [3.8, 4) is 0 Å². The lowest BCUT2D eigenvalue weighted by molar-refractivity contribution is -0.137. The first kappa shape index (κ1) is 28.9. The van der Waals surface area contributed by atoms with Gasteiger partial charge < -0.3 is 36.2 Å². The SMILES string of the molecule is CC(C)[C@H](NC=O)C(=O)NCCNC(=O)CCNC(=O)[C@H](O)C(C)(C)COP(=O)(O)O. The minimum atomic E-state index is -4.74. The van der Waals surface area contributed by atoms with E-state index < -0.39 is 43.8 Å². The molecule has 0 aliphatic rings. The van der Waals surface area contributed by atoms with Crippen LogP contribution in [0.15, 0.2) is 0 Å². The zero-order valence-electron chi connectivity index (χ0n) is 18.1. The highest BCUT2D eigenvalue weighted by Gasteiger charge is 2.35. The van der Waals surface area contributed by atoms with Gasteiger partial charge in [-0.3, -0.25) is 23.7 Å². The number of nitrogens with one attached hydrogen (secondary N) is 4. The largest absolute Gasteiger partial charge is 0.469 e. The van der Waals surface area contributed by atoms with Crippen LogP contribution in [-0.4, -0.2) is 77.4 Å². The molecule has 0 radical (unpaired) electrons. The fraction of sp³-hybridized carbons (Fsp3) is 0.765. The van der Waals surface area contributed by atoms with E-state index in [4.69, 9.17) is 9.79 Å². The Morgan fingerprint density at radius 2 is 1.58 bits per heavy atom. The minimum absolute atomic E-state index is 0.0812. The van der Waals surface area contributed by atoms with Crippen molar-refractivity contribution < 1.29 is 43.2 Å². The molecular weight excluding hydrogens is 435 g/mol. The summed E-state index contributed by atoms with van der Waals surface area (Å²) in [5, 5.41) is 19.9. The molecule has 180 valence electrons. The predicted octanol–water partition coefficient (Wildman–Crippen LogP) is -2.01. The van der Waals surface area contributed by atoms with E-state index >= 15 is 0 Å². The summed E-state index contributed by atoms with van der Waals surface area (Å²) in [6.07, 6.45) is -1.26. The van der Waals surface area contributed by atoms with Gasteiger partial charge >= 0.3 is 7.82 Å². The van der Waals surface area contributed by atoms with Gasteiger partial charge in [0, 0.05) is 31.5 Å². The van der Waals surface area contributed by atoms with Crippen molar-refractivity contribution >= 4 is 32.0 Å². The first-order valence-corrected chi connectivity index (χ1v) is 11.1. The van der Waals surface area contributed by atoms with Crippen molar-refractivity contribution in [2.45, 2.75) is 46.3 Å². The lowest BCUT2D eigenvalue weighted by atomic mass is 9.87. The second-order valence-electron chi connectivity index (χ2n) is 7.84. The monoisotopic (exact) mass is 468 g/mol. The molecule has 31 heavy (non-hydrogen) atoms. The van der Waals surface area contributed by atoms with Crippen LogP contribution in [-0.2, 0) is 28.3 Å². The molecular formula is C17H33N4O9P. The van der Waals surface area contributed by atoms with E-state index in [1.807, 2.05) is 0 Å². The third-order valence-electron chi connectivity index (χ3n) is 4.19. The van der Waals surface area contributed by atoms with E-state index in [0.717, 1.165) is 0 Å². The topological polar surface area (TPSA) is 203 Å². The Bertz CT molecular complexity index is 666. The van der Waals surface area contributed by atoms with Gasteiger partial charge in [0.05, 0.1) is 6.61 Å². The summed E-state index contributed by atoms with van der Waals surface area (Å²) in [5.74, 6) is -1.70. The van der Waals surface area contributed by atoms with Crippen molar-refractivity contribution in [2.24, 2.45) is 11.3 Å². The maximum absolute atomic E-state index is 12.0. The minimum Gasteiger partial charge on any atom is -0.383 e. The molecule has 0 aromatic carbocycles. The van der Waals surface area contributed by atoms with Gasteiger partial charge in [-0.05, 0) is 5.92 Å². The Hall–Kier alpha value is -2.05. The molecule has 0 unspecified atom stereocenters. The molecule has 0 aliphatic carbocycles. The molecule has 0 aromatic heterocycles. The van der Waals surface area contributed by atoms with Crippen LogP contribution in [0.3, 0.4) is 0 Å². The number of amides is 4. The van der Waals surface area contributed by atoms with Crippen LogP contribution in [0.5, 0.6) is 0 Å². The Morgan fingerprint density at radius 3 is 2.10 bits per heavy atom. The molecule has 4 amide bonds. The van der Waals surface area contributed by atoms with E-state index in [0.29, 0.717) is 6.41 Å². The zero-order valence-corrected chi connectivity index (χ0v) is 19.0. The highest BCUT2D eigenvalue weighted by molar-refractivity contribution is 7.46. The number of aliphatic hydroxyl groups is 1. The predicted molar refractivity (Wildman–Crippen MR) is 109 cm³/mol. The quantitative estimate of drug-likeness (QED) is 0.0805. The van der Waals surface area contributed by atoms with Gasteiger partial charge in [0.15, 0.2) is 0 Å². The van der Waals surface area contributed by atoms with Crippen molar-refractivity contribution in [1.29, 1.82) is 0 Å². The fourth-order valence-electron chi connectivity index (χ4n) is 2.31. The van der Waals surface area contributed by atoms with Crippen molar-refractivity contribution in [2.75, 3.05) is 26.2 Å². The maximum Gasteiger partial charge on any atom is 0.469 e. The maximum atomic E-state index is 12.0. The Kier molecular flexibility index (Phi) is 12.5. The number of carbonyl (C=O) groups is 4. The van der Waals surface area contributed by atoms with Gasteiger partial charge in [0.1, 0.15) is 12.1 Å². The molecule has 7 N–H and O–H groups in total. The molecule has 2 atom stereocenters. The molecule has 0 saturated heterocycles. The molecule has 0 aliphatic heterocycles. The summed E-state index contributed by atoms with van der Waals surface area (Å²) in [5.41, 5.74) is -1.28. The highest BCUT2D eigenvalue weighted by atomic mass is 31.2. The number of phosphoric ester groups is 1. The molecule has 13 nitrogen and oxygen atoms in total. The average molecular weight is 468 g/mol. The highest BCUT2D eigenvalue weighted by Crippen LogP contribution is 2.38. The third-order valence-corrected chi connectivity index (χ3v) is 4.65. The van der Waals surface area contributed by atoms with Crippen molar-refractivity contribution in [1.82, 2.24) is 21.3 Å². The summed E-state index contributed by atoms with van der Waals surface area (Å²) in [4.78, 5) is 63.7. The first-order valence-electron chi connectivity index (χ1n) is 9.61. The van der Waals surface area contributed by atoms with Gasteiger partial charge in [-0.15, -0.1) is 0 Å². The summed E-state index contributed by atoms with van der Waals surface area (Å²) in [6, 6.07) is -0.675. The molecule has 0 bridgehead atoms. The van der Waals surface area contributed by atoms with Gasteiger partial charge in [-0.2, -0.15) is 0 Å². The second kappa shape index (κ2) is 13.4. The fourth-order valence-corrected chi connectivity index (χ4v) is 2.81. The van der Waals surface area contributed by atoms with Gasteiger partial charge in [-0.1, -0.05) is 27.7 Å². The number of hydrogen-bond acceptors (Lipinski definition) is 7. The number of phosphoric acid groups is 1. The van der Waals surface area contributed by atoms with E-state index in [1.54, 1.807) is 13.8 Å². The van der Waals surface area contributed by atoms with E-state index in [2.05, 4.69) is 25.8 Å². The lowest BCUT2D eigenvalue weighted by Gasteiger charge is -2.29. The smallest absolute Gasteiger partial charge is 0.383 e. The van der Waals surface area contributed by atoms with Gasteiger partial charge in [-0.25, -0.2) is 4.57 Å². The van der Waals surface area contributed by atoms with E-state index in [1.165, 1.54) is 13.8 Å². The number of rotatable bonds is 15. The van der Waals surface area contributed by atoms with Crippen LogP contribution in [0, 0.1) is 11.3 Å². The zero-order chi connectivity index (χ0) is 24.2. The normalized spacial score (nSPS) is 13.8. The standard InChI is InChI=1S/C17H33N4O9P/c1-11(2)13(21-10-22)15(25)20-8-7-18-12(23)5-6-19-16(26)14(24)17(3,4)9-30-31(27,28)29/h10-11,13-14,24H,5-9H2,1-4H3,(H,18,23)(H,19,26)(H,20,25)(H,21,22)(H2,27,28,29)/t13-,14-/m0/s1. The van der Waals surface area contributed by atoms with Crippen LogP contribution in [0.4, 0.5) is 0 Å². The lowest BCUT2D eigenvalue weighted by Crippen LogP contribution is -2.48. The van der Waals surface area contributed by atoms with Crippen LogP contribution in [0.25, 0.3) is 0 Å². The molecule has 0 heterocycles. The summed E-state index contributed by atoms with van der Waals surface area (Å²) in [6.45, 7) is 5.98. The van der Waals surface area contributed by atoms with Crippen LogP contribution in [0.2, 0.25) is 0 Å². The van der Waals surface area contributed by atoms with Crippen molar-refractivity contribution in [3.63, 3.8) is 0 Å². The summed E-state index contributed by atoms with van der Waals surface area (Å²) < 4.78 is 15.1. The van der Waals surface area contributed by atoms with E-state index in [9.17, 15) is 28.8 Å². The molecule has 0 aromatic rings. The Labute approximate surface area is 180 Å².